The molecule has 1 aliphatic heterocycles. The Morgan fingerprint density at radius 3 is 1.92 bits per heavy atom. The van der Waals surface area contributed by atoms with E-state index in [-0.39, 0.29) is 22.7 Å². The summed E-state index contributed by atoms with van der Waals surface area (Å²) in [6, 6.07) is 0. The Hall–Kier alpha value is 0.01000. The van der Waals surface area contributed by atoms with E-state index in [1.54, 1.807) is 0 Å². The van der Waals surface area contributed by atoms with Crippen molar-refractivity contribution in [1.82, 2.24) is 0 Å². The van der Waals surface area contributed by atoms with Crippen LogP contribution >= 0.6 is 0 Å². The first-order chi connectivity index (χ1) is 5.39. The zero-order valence-corrected chi connectivity index (χ0v) is 9.03. The van der Waals surface area contributed by atoms with Crippen LogP contribution in [0.2, 0.25) is 0 Å². The minimum Gasteiger partial charge on any atom is -0.131 e. The highest BCUT2D eigenvalue weighted by Crippen LogP contribution is 2.40. The van der Waals surface area contributed by atoms with Gasteiger partial charge in [-0.05, 0) is 33.8 Å². The predicted octanol–water partition coefficient (Wildman–Crippen LogP) is 2.22. The van der Waals surface area contributed by atoms with Gasteiger partial charge in [-0.25, -0.2) is 0 Å². The SMILES string of the molecule is C=CC[S+]1OC(C)(C)C(C)(C)O1. The lowest BCUT2D eigenvalue weighted by molar-refractivity contribution is 0.00578. The van der Waals surface area contributed by atoms with Crippen LogP contribution in [-0.4, -0.2) is 17.0 Å². The first-order valence-electron chi connectivity index (χ1n) is 4.10. The third kappa shape index (κ3) is 1.68. The molecule has 70 valence electrons. The van der Waals surface area contributed by atoms with Crippen molar-refractivity contribution in [2.75, 3.05) is 5.75 Å². The molecular weight excluding hydrogens is 172 g/mol. The molecule has 0 N–H and O–H groups in total. The largest absolute Gasteiger partial charge is 0.320 e. The molecule has 0 spiro atoms. The lowest BCUT2D eigenvalue weighted by Crippen LogP contribution is -2.41. The Morgan fingerprint density at radius 1 is 1.17 bits per heavy atom. The lowest BCUT2D eigenvalue weighted by Gasteiger charge is -2.23. The van der Waals surface area contributed by atoms with E-state index in [0.29, 0.717) is 0 Å². The molecule has 12 heavy (non-hydrogen) atoms. The van der Waals surface area contributed by atoms with E-state index >= 15 is 0 Å². The van der Waals surface area contributed by atoms with E-state index in [1.165, 1.54) is 0 Å². The Labute approximate surface area is 77.7 Å². The van der Waals surface area contributed by atoms with Crippen LogP contribution in [0.5, 0.6) is 0 Å². The fraction of sp³-hybridized carbons (Fsp3) is 0.778. The molecule has 1 rings (SSSR count). The molecule has 0 atom stereocenters. The highest BCUT2D eigenvalue weighted by molar-refractivity contribution is 7.88. The minimum atomic E-state index is -0.384. The molecule has 0 aliphatic carbocycles. The Kier molecular flexibility index (Phi) is 2.57. The molecule has 0 bridgehead atoms. The van der Waals surface area contributed by atoms with Crippen LogP contribution in [0.4, 0.5) is 0 Å². The van der Waals surface area contributed by atoms with Crippen LogP contribution in [0.15, 0.2) is 12.7 Å². The highest BCUT2D eigenvalue weighted by Gasteiger charge is 2.58. The van der Waals surface area contributed by atoms with Gasteiger partial charge in [0.1, 0.15) is 0 Å². The topological polar surface area (TPSA) is 18.5 Å². The van der Waals surface area contributed by atoms with E-state index < -0.39 is 0 Å². The summed E-state index contributed by atoms with van der Waals surface area (Å²) in [4.78, 5) is 0. The average Bonchev–Trinajstić information content (AvgIpc) is 2.02. The van der Waals surface area contributed by atoms with Crippen molar-refractivity contribution >= 4 is 11.5 Å². The van der Waals surface area contributed by atoms with Crippen molar-refractivity contribution in [3.05, 3.63) is 12.7 Å². The zero-order valence-electron chi connectivity index (χ0n) is 8.22. The van der Waals surface area contributed by atoms with E-state index in [0.717, 1.165) is 5.75 Å². The molecule has 1 fully saturated rings. The van der Waals surface area contributed by atoms with E-state index in [1.807, 2.05) is 6.08 Å². The van der Waals surface area contributed by atoms with Gasteiger partial charge in [0.25, 0.3) is 0 Å². The summed E-state index contributed by atoms with van der Waals surface area (Å²) in [5.74, 6) is 0.785. The lowest BCUT2D eigenvalue weighted by atomic mass is 9.90. The molecule has 3 heteroatoms. The normalized spacial score (nSPS) is 27.3. The maximum absolute atomic E-state index is 5.74. The molecular formula is C9H17O2S+. The maximum atomic E-state index is 5.74. The summed E-state index contributed by atoms with van der Waals surface area (Å²) < 4.78 is 11.5. The molecule has 1 heterocycles. The van der Waals surface area contributed by atoms with Crippen LogP contribution in [-0.2, 0) is 19.8 Å². The Balaban J connectivity index is 2.67. The van der Waals surface area contributed by atoms with Gasteiger partial charge in [-0.1, -0.05) is 6.58 Å². The number of hydrogen-bond acceptors (Lipinski definition) is 2. The van der Waals surface area contributed by atoms with E-state index in [9.17, 15) is 0 Å². The van der Waals surface area contributed by atoms with Crippen LogP contribution < -0.4 is 0 Å². The van der Waals surface area contributed by atoms with Gasteiger partial charge in [-0.15, -0.1) is 8.37 Å². The van der Waals surface area contributed by atoms with Gasteiger partial charge in [0.15, 0.2) is 17.0 Å². The molecule has 1 saturated heterocycles. The second-order valence-electron chi connectivity index (χ2n) is 3.95. The zero-order chi connectivity index (χ0) is 9.41. The van der Waals surface area contributed by atoms with Gasteiger partial charge >= 0.3 is 11.5 Å². The molecule has 0 aromatic heterocycles. The molecule has 2 nitrogen and oxygen atoms in total. The molecule has 0 radical (unpaired) electrons. The van der Waals surface area contributed by atoms with Crippen LogP contribution in [0.25, 0.3) is 0 Å². The average molecular weight is 189 g/mol. The van der Waals surface area contributed by atoms with Gasteiger partial charge < -0.3 is 0 Å². The maximum Gasteiger partial charge on any atom is 0.320 e. The van der Waals surface area contributed by atoms with Crippen LogP contribution in [0.1, 0.15) is 27.7 Å². The first-order valence-corrected chi connectivity index (χ1v) is 5.34. The van der Waals surface area contributed by atoms with Crippen LogP contribution in [0, 0.1) is 0 Å². The second-order valence-corrected chi connectivity index (χ2v) is 5.22. The highest BCUT2D eigenvalue weighted by atomic mass is 32.2. The second kappa shape index (κ2) is 3.05. The number of hydrogen-bond donors (Lipinski definition) is 0. The standard InChI is InChI=1S/C9H17O2S/c1-6-7-12-10-8(2,3)9(4,5)11-12/h6H,1,7H2,2-5H3/q+1. The molecule has 0 saturated carbocycles. The van der Waals surface area contributed by atoms with Crippen molar-refractivity contribution in [3.8, 4) is 0 Å². The summed E-state index contributed by atoms with van der Waals surface area (Å²) in [6.07, 6.45) is 1.83. The Bertz CT molecular complexity index is 171. The molecule has 0 amide bonds. The van der Waals surface area contributed by atoms with Gasteiger partial charge in [0, 0.05) is 0 Å². The van der Waals surface area contributed by atoms with Crippen molar-refractivity contribution in [2.24, 2.45) is 0 Å². The van der Waals surface area contributed by atoms with E-state index in [4.69, 9.17) is 8.37 Å². The van der Waals surface area contributed by atoms with Crippen molar-refractivity contribution < 1.29 is 8.37 Å². The summed E-state index contributed by atoms with van der Waals surface area (Å²) in [7, 11) is 0. The third-order valence-electron chi connectivity index (χ3n) is 2.31. The summed E-state index contributed by atoms with van der Waals surface area (Å²) in [5.41, 5.74) is -0.391. The van der Waals surface area contributed by atoms with Gasteiger partial charge in [0.05, 0.1) is 0 Å². The predicted molar refractivity (Wildman–Crippen MR) is 52.8 cm³/mol. The van der Waals surface area contributed by atoms with Gasteiger partial charge in [-0.2, -0.15) is 0 Å². The summed E-state index contributed by atoms with van der Waals surface area (Å²) in [6.45, 7) is 11.9. The summed E-state index contributed by atoms with van der Waals surface area (Å²) >= 11 is -0.384. The fourth-order valence-corrected chi connectivity index (χ4v) is 2.54. The van der Waals surface area contributed by atoms with Crippen LogP contribution in [0.3, 0.4) is 0 Å². The Morgan fingerprint density at radius 2 is 1.58 bits per heavy atom. The molecule has 0 aromatic carbocycles. The quantitative estimate of drug-likeness (QED) is 0.490. The molecule has 0 aromatic rings. The third-order valence-corrected chi connectivity index (χ3v) is 4.02. The number of rotatable bonds is 2. The van der Waals surface area contributed by atoms with Gasteiger partial charge in [0.2, 0.25) is 0 Å². The van der Waals surface area contributed by atoms with Crippen molar-refractivity contribution in [3.63, 3.8) is 0 Å². The minimum absolute atomic E-state index is 0.195. The van der Waals surface area contributed by atoms with E-state index in [2.05, 4.69) is 34.3 Å². The van der Waals surface area contributed by atoms with Crippen molar-refractivity contribution in [2.45, 2.75) is 38.9 Å². The fourth-order valence-electron chi connectivity index (χ4n) is 0.847. The molecule has 0 unspecified atom stereocenters. The monoisotopic (exact) mass is 189 g/mol. The first kappa shape index (κ1) is 10.1. The van der Waals surface area contributed by atoms with Gasteiger partial charge in [-0.3, -0.25) is 0 Å². The molecule has 1 aliphatic rings. The summed E-state index contributed by atoms with van der Waals surface area (Å²) in [5, 5.41) is 0. The van der Waals surface area contributed by atoms with Crippen molar-refractivity contribution in [1.29, 1.82) is 0 Å². The smallest absolute Gasteiger partial charge is 0.131 e.